The third-order valence-electron chi connectivity index (χ3n) is 3.52. The second kappa shape index (κ2) is 6.23. The van der Waals surface area contributed by atoms with Gasteiger partial charge in [-0.15, -0.1) is 0 Å². The van der Waals surface area contributed by atoms with Crippen molar-refractivity contribution < 1.29 is 0 Å². The van der Waals surface area contributed by atoms with Crippen molar-refractivity contribution in [3.8, 4) is 0 Å². The van der Waals surface area contributed by atoms with Gasteiger partial charge in [0.2, 0.25) is 0 Å². The van der Waals surface area contributed by atoms with Crippen molar-refractivity contribution in [2.75, 3.05) is 6.54 Å². The fourth-order valence-corrected chi connectivity index (χ4v) is 2.94. The molecule has 0 aromatic heterocycles. The summed E-state index contributed by atoms with van der Waals surface area (Å²) in [6, 6.07) is 6.38. The van der Waals surface area contributed by atoms with Gasteiger partial charge in [-0.3, -0.25) is 0 Å². The Hall–Kier alpha value is -0.790. The molecule has 2 heteroatoms. The Labute approximate surface area is 109 Å². The van der Waals surface area contributed by atoms with E-state index < -0.39 is 0 Å². The zero-order valence-electron chi connectivity index (χ0n) is 10.2. The molecule has 0 unspecified atom stereocenters. The summed E-state index contributed by atoms with van der Waals surface area (Å²) in [6.45, 7) is 0.571. The molecule has 1 fully saturated rings. The second-order valence-electron chi connectivity index (χ2n) is 4.75. The molecule has 0 amide bonds. The summed E-state index contributed by atoms with van der Waals surface area (Å²) >= 11 is 6.38. The van der Waals surface area contributed by atoms with Crippen LogP contribution in [0.25, 0.3) is 6.08 Å². The van der Waals surface area contributed by atoms with Crippen molar-refractivity contribution in [3.63, 3.8) is 0 Å². The number of hydrogen-bond donors (Lipinski definition) is 1. The first kappa shape index (κ1) is 12.7. The van der Waals surface area contributed by atoms with Gasteiger partial charge in [0.05, 0.1) is 0 Å². The molecule has 0 radical (unpaired) electrons. The zero-order chi connectivity index (χ0) is 12.1. The Morgan fingerprint density at radius 3 is 2.65 bits per heavy atom. The van der Waals surface area contributed by atoms with Crippen molar-refractivity contribution >= 4 is 17.7 Å². The fourth-order valence-electron chi connectivity index (χ4n) is 2.60. The van der Waals surface area contributed by atoms with E-state index in [1.54, 1.807) is 0 Å². The maximum absolute atomic E-state index is 6.38. The first-order valence-electron chi connectivity index (χ1n) is 6.47. The summed E-state index contributed by atoms with van der Waals surface area (Å²) in [6.07, 6.45) is 10.6. The predicted molar refractivity (Wildman–Crippen MR) is 75.4 cm³/mol. The lowest BCUT2D eigenvalue weighted by molar-refractivity contribution is 0.444. The molecule has 1 aliphatic rings. The molecule has 0 atom stereocenters. The summed E-state index contributed by atoms with van der Waals surface area (Å²) < 4.78 is 0. The molecule has 1 saturated carbocycles. The van der Waals surface area contributed by atoms with Gasteiger partial charge >= 0.3 is 0 Å². The van der Waals surface area contributed by atoms with E-state index in [4.69, 9.17) is 17.3 Å². The molecule has 1 aromatic carbocycles. The van der Waals surface area contributed by atoms with E-state index in [0.717, 1.165) is 10.6 Å². The molecule has 1 aromatic rings. The monoisotopic (exact) mass is 249 g/mol. The van der Waals surface area contributed by atoms with E-state index in [1.165, 1.54) is 37.7 Å². The molecule has 1 nitrogen and oxygen atoms in total. The molecule has 17 heavy (non-hydrogen) atoms. The number of benzene rings is 1. The van der Waals surface area contributed by atoms with E-state index in [0.29, 0.717) is 12.5 Å². The maximum atomic E-state index is 6.38. The molecule has 0 aliphatic heterocycles. The van der Waals surface area contributed by atoms with Crippen molar-refractivity contribution in [2.45, 2.75) is 38.0 Å². The van der Waals surface area contributed by atoms with Crippen LogP contribution in [-0.2, 0) is 0 Å². The SMILES string of the molecule is NC/C=C/c1ccc(C2CCCCC2)c(Cl)c1. The van der Waals surface area contributed by atoms with Gasteiger partial charge in [0.15, 0.2) is 0 Å². The largest absolute Gasteiger partial charge is 0.327 e. The van der Waals surface area contributed by atoms with Gasteiger partial charge in [0.25, 0.3) is 0 Å². The third kappa shape index (κ3) is 3.34. The van der Waals surface area contributed by atoms with Gasteiger partial charge in [-0.1, -0.05) is 55.1 Å². The molecular formula is C15H20ClN. The lowest BCUT2D eigenvalue weighted by Gasteiger charge is -2.23. The van der Waals surface area contributed by atoms with Crippen molar-refractivity contribution in [2.24, 2.45) is 5.73 Å². The standard InChI is InChI=1S/C15H20ClN/c16-15-11-12(5-4-10-17)8-9-14(15)13-6-2-1-3-7-13/h4-5,8-9,11,13H,1-3,6-7,10,17H2/b5-4+. The Kier molecular flexibility index (Phi) is 4.64. The van der Waals surface area contributed by atoms with E-state index in [-0.39, 0.29) is 0 Å². The van der Waals surface area contributed by atoms with Crippen LogP contribution < -0.4 is 5.73 Å². The molecule has 0 bridgehead atoms. The Morgan fingerprint density at radius 1 is 1.24 bits per heavy atom. The van der Waals surface area contributed by atoms with Crippen molar-refractivity contribution in [3.05, 3.63) is 40.4 Å². The van der Waals surface area contributed by atoms with Crippen LogP contribution >= 0.6 is 11.6 Å². The highest BCUT2D eigenvalue weighted by Gasteiger charge is 2.17. The van der Waals surface area contributed by atoms with Crippen LogP contribution in [0.4, 0.5) is 0 Å². The Balaban J connectivity index is 2.15. The average Bonchev–Trinajstić information content (AvgIpc) is 2.37. The number of nitrogens with two attached hydrogens (primary N) is 1. The van der Waals surface area contributed by atoms with Crippen LogP contribution in [0.5, 0.6) is 0 Å². The Bertz CT molecular complexity index is 392. The Morgan fingerprint density at radius 2 is 2.00 bits per heavy atom. The van der Waals surface area contributed by atoms with E-state index in [2.05, 4.69) is 18.2 Å². The minimum absolute atomic E-state index is 0.571. The fraction of sp³-hybridized carbons (Fsp3) is 0.467. The van der Waals surface area contributed by atoms with Gasteiger partial charge in [-0.2, -0.15) is 0 Å². The first-order valence-corrected chi connectivity index (χ1v) is 6.85. The summed E-state index contributed by atoms with van der Waals surface area (Å²) in [5, 5.41) is 0.913. The molecule has 2 N–H and O–H groups in total. The van der Waals surface area contributed by atoms with Crippen LogP contribution in [0.2, 0.25) is 5.02 Å². The molecular weight excluding hydrogens is 230 g/mol. The normalized spacial score (nSPS) is 17.8. The van der Waals surface area contributed by atoms with Gasteiger partial charge in [-0.05, 0) is 36.0 Å². The zero-order valence-corrected chi connectivity index (χ0v) is 10.9. The first-order chi connectivity index (χ1) is 8.31. The molecule has 1 aliphatic carbocycles. The van der Waals surface area contributed by atoms with Crippen LogP contribution in [-0.4, -0.2) is 6.54 Å². The minimum Gasteiger partial charge on any atom is -0.327 e. The smallest absolute Gasteiger partial charge is 0.0446 e. The number of rotatable bonds is 3. The molecule has 92 valence electrons. The number of halogens is 1. The summed E-state index contributed by atoms with van der Waals surface area (Å²) in [5.74, 6) is 0.670. The predicted octanol–water partition coefficient (Wildman–Crippen LogP) is 4.36. The quantitative estimate of drug-likeness (QED) is 0.846. The van der Waals surface area contributed by atoms with Crippen LogP contribution in [0.3, 0.4) is 0 Å². The minimum atomic E-state index is 0.571. The van der Waals surface area contributed by atoms with E-state index in [1.807, 2.05) is 12.2 Å². The molecule has 2 rings (SSSR count). The highest BCUT2D eigenvalue weighted by atomic mass is 35.5. The van der Waals surface area contributed by atoms with Gasteiger partial charge in [0.1, 0.15) is 0 Å². The van der Waals surface area contributed by atoms with Gasteiger partial charge in [0, 0.05) is 11.6 Å². The van der Waals surface area contributed by atoms with Crippen molar-refractivity contribution in [1.82, 2.24) is 0 Å². The molecule has 0 heterocycles. The summed E-state index contributed by atoms with van der Waals surface area (Å²) in [4.78, 5) is 0. The average molecular weight is 250 g/mol. The summed E-state index contributed by atoms with van der Waals surface area (Å²) in [5.41, 5.74) is 7.91. The molecule has 0 saturated heterocycles. The third-order valence-corrected chi connectivity index (χ3v) is 3.84. The van der Waals surface area contributed by atoms with E-state index in [9.17, 15) is 0 Å². The van der Waals surface area contributed by atoms with Crippen LogP contribution in [0.15, 0.2) is 24.3 Å². The van der Waals surface area contributed by atoms with Crippen molar-refractivity contribution in [1.29, 1.82) is 0 Å². The van der Waals surface area contributed by atoms with Crippen LogP contribution in [0, 0.1) is 0 Å². The highest BCUT2D eigenvalue weighted by molar-refractivity contribution is 6.31. The molecule has 0 spiro atoms. The van der Waals surface area contributed by atoms with Gasteiger partial charge < -0.3 is 5.73 Å². The topological polar surface area (TPSA) is 26.0 Å². The highest BCUT2D eigenvalue weighted by Crippen LogP contribution is 2.36. The maximum Gasteiger partial charge on any atom is 0.0446 e. The van der Waals surface area contributed by atoms with Crippen LogP contribution in [0.1, 0.15) is 49.1 Å². The second-order valence-corrected chi connectivity index (χ2v) is 5.16. The lowest BCUT2D eigenvalue weighted by atomic mass is 9.84. The lowest BCUT2D eigenvalue weighted by Crippen LogP contribution is -2.05. The van der Waals surface area contributed by atoms with E-state index >= 15 is 0 Å². The summed E-state index contributed by atoms with van der Waals surface area (Å²) in [7, 11) is 0. The number of hydrogen-bond acceptors (Lipinski definition) is 1. The van der Waals surface area contributed by atoms with Gasteiger partial charge in [-0.25, -0.2) is 0 Å².